The van der Waals surface area contributed by atoms with E-state index in [0.29, 0.717) is 11.3 Å². The van der Waals surface area contributed by atoms with Gasteiger partial charge < -0.3 is 19.7 Å². The first kappa shape index (κ1) is 23.1. The summed E-state index contributed by atoms with van der Waals surface area (Å²) in [5.74, 6) is -0.0137. The van der Waals surface area contributed by atoms with Crippen molar-refractivity contribution in [2.45, 2.75) is 12.5 Å². The van der Waals surface area contributed by atoms with Gasteiger partial charge in [0.1, 0.15) is 0 Å². The molecule has 8 heteroatoms. The molecule has 1 atom stereocenters. The predicted molar refractivity (Wildman–Crippen MR) is 147 cm³/mol. The minimum absolute atomic E-state index is 0.0137. The third-order valence-electron chi connectivity index (χ3n) is 7.34. The zero-order valence-electron chi connectivity index (χ0n) is 21.2. The minimum atomic E-state index is -0.0137. The molecule has 1 aliphatic heterocycles. The summed E-state index contributed by atoms with van der Waals surface area (Å²) in [6.07, 6.45) is 9.82. The Morgan fingerprint density at radius 1 is 1.05 bits per heavy atom. The Balaban J connectivity index is 1.39. The van der Waals surface area contributed by atoms with Crippen LogP contribution in [0.3, 0.4) is 0 Å². The van der Waals surface area contributed by atoms with Gasteiger partial charge in [-0.1, -0.05) is 12.1 Å². The van der Waals surface area contributed by atoms with Crippen molar-refractivity contribution >= 4 is 39.2 Å². The number of carbonyl (C=O) groups is 1. The molecule has 1 unspecified atom stereocenters. The maximum Gasteiger partial charge on any atom is 0.256 e. The first-order chi connectivity index (χ1) is 18.0. The number of nitrogens with one attached hydrogen (secondary N) is 1. The van der Waals surface area contributed by atoms with E-state index >= 15 is 0 Å². The van der Waals surface area contributed by atoms with E-state index in [1.165, 1.54) is 5.39 Å². The van der Waals surface area contributed by atoms with Crippen molar-refractivity contribution in [3.8, 4) is 11.1 Å². The Hall–Kier alpha value is -4.30. The largest absolute Gasteiger partial charge is 0.354 e. The molecule has 0 spiro atoms. The molecule has 1 saturated heterocycles. The van der Waals surface area contributed by atoms with Gasteiger partial charge in [0.05, 0.1) is 28.5 Å². The van der Waals surface area contributed by atoms with Crippen LogP contribution in [0.5, 0.6) is 0 Å². The Labute approximate surface area is 215 Å². The predicted octanol–water partition coefficient (Wildman–Crippen LogP) is 4.70. The van der Waals surface area contributed by atoms with Crippen LogP contribution in [0.15, 0.2) is 73.4 Å². The highest BCUT2D eigenvalue weighted by atomic mass is 16.2. The summed E-state index contributed by atoms with van der Waals surface area (Å²) < 4.78 is 2.11. The minimum Gasteiger partial charge on any atom is -0.354 e. The number of rotatable bonds is 5. The molecule has 0 aliphatic carbocycles. The highest BCUT2D eigenvalue weighted by Crippen LogP contribution is 2.34. The zero-order chi connectivity index (χ0) is 25.5. The lowest BCUT2D eigenvalue weighted by molar-refractivity contribution is 0.0738. The number of amides is 1. The van der Waals surface area contributed by atoms with E-state index < -0.39 is 0 Å². The molecule has 4 heterocycles. The smallest absolute Gasteiger partial charge is 0.256 e. The number of anilines is 2. The van der Waals surface area contributed by atoms with E-state index in [9.17, 15) is 4.79 Å². The lowest BCUT2D eigenvalue weighted by Gasteiger charge is -2.25. The number of hydrogen-bond donors (Lipinski definition) is 1. The van der Waals surface area contributed by atoms with Crippen LogP contribution in [-0.4, -0.2) is 68.5 Å². The summed E-state index contributed by atoms with van der Waals surface area (Å²) in [4.78, 5) is 31.1. The van der Waals surface area contributed by atoms with E-state index in [-0.39, 0.29) is 11.9 Å². The van der Waals surface area contributed by atoms with E-state index in [4.69, 9.17) is 0 Å². The number of likely N-dealkylation sites (N-methyl/N-ethyl adjacent to an activating group) is 2. The number of aryl methyl sites for hydroxylation is 1. The molecule has 0 bridgehead atoms. The average molecular weight is 492 g/mol. The molecule has 3 aromatic heterocycles. The van der Waals surface area contributed by atoms with Crippen molar-refractivity contribution in [3.63, 3.8) is 0 Å². The van der Waals surface area contributed by atoms with Gasteiger partial charge in [-0.15, -0.1) is 0 Å². The van der Waals surface area contributed by atoms with Gasteiger partial charge in [-0.2, -0.15) is 0 Å². The standard InChI is InChI=1S/C29H29N7O/c1-34-12-8-22(18-34)36(3)29(37)23-6-9-30-17-26(23)33-21-15-24(28-25(16-21)31-10-11-32-28)20-5-4-19-7-13-35(2)27(19)14-20/h4-7,9-11,13-17,22,33H,8,12,18H2,1-3H3. The molecule has 1 N–H and O–H groups in total. The molecule has 8 nitrogen and oxygen atoms in total. The van der Waals surface area contributed by atoms with Crippen LogP contribution in [0, 0.1) is 0 Å². The number of likely N-dealkylation sites (tertiary alicyclic amines) is 1. The number of carbonyl (C=O) groups excluding carboxylic acids is 1. The van der Waals surface area contributed by atoms with Crippen molar-refractivity contribution in [1.29, 1.82) is 0 Å². The normalized spacial score (nSPS) is 15.9. The van der Waals surface area contributed by atoms with Gasteiger partial charge in [0.15, 0.2) is 0 Å². The van der Waals surface area contributed by atoms with Gasteiger partial charge in [-0.05, 0) is 61.3 Å². The second-order valence-electron chi connectivity index (χ2n) is 9.82. The summed E-state index contributed by atoms with van der Waals surface area (Å²) in [6.45, 7) is 1.88. The second-order valence-corrected chi connectivity index (χ2v) is 9.82. The van der Waals surface area contributed by atoms with Crippen LogP contribution in [0.1, 0.15) is 16.8 Å². The van der Waals surface area contributed by atoms with Crippen LogP contribution >= 0.6 is 0 Å². The highest BCUT2D eigenvalue weighted by molar-refractivity contribution is 6.01. The molecule has 2 aromatic carbocycles. The SMILES string of the molecule is CN1CCC(N(C)C(=O)c2ccncc2Nc2cc(-c3ccc4ccn(C)c4c3)c3nccnc3c2)C1. The highest BCUT2D eigenvalue weighted by Gasteiger charge is 2.28. The molecule has 186 valence electrons. The quantitative estimate of drug-likeness (QED) is 0.384. The Morgan fingerprint density at radius 3 is 2.76 bits per heavy atom. The summed E-state index contributed by atoms with van der Waals surface area (Å²) in [6, 6.07) is 14.5. The fraction of sp³-hybridized carbons (Fsp3) is 0.241. The zero-order valence-corrected chi connectivity index (χ0v) is 21.2. The number of nitrogens with zero attached hydrogens (tertiary/aromatic N) is 6. The number of pyridine rings is 1. The Bertz CT molecular complexity index is 1630. The van der Waals surface area contributed by atoms with Crippen molar-refractivity contribution in [2.24, 2.45) is 7.05 Å². The van der Waals surface area contributed by atoms with Crippen molar-refractivity contribution in [2.75, 3.05) is 32.5 Å². The summed E-state index contributed by atoms with van der Waals surface area (Å²) in [7, 11) is 6.02. The molecule has 5 aromatic rings. The van der Waals surface area contributed by atoms with Gasteiger partial charge in [0, 0.05) is 68.2 Å². The maximum absolute atomic E-state index is 13.5. The Kier molecular flexibility index (Phi) is 5.81. The van der Waals surface area contributed by atoms with Crippen LogP contribution in [0.4, 0.5) is 11.4 Å². The van der Waals surface area contributed by atoms with E-state index in [0.717, 1.165) is 52.9 Å². The number of aromatic nitrogens is 4. The first-order valence-electron chi connectivity index (χ1n) is 12.4. The lowest BCUT2D eigenvalue weighted by atomic mass is 10.0. The van der Waals surface area contributed by atoms with Crippen molar-refractivity contribution in [1.82, 2.24) is 29.3 Å². The molecule has 37 heavy (non-hydrogen) atoms. The van der Waals surface area contributed by atoms with E-state index in [1.807, 2.05) is 25.1 Å². The third kappa shape index (κ3) is 4.29. The second kappa shape index (κ2) is 9.29. The van der Waals surface area contributed by atoms with Crippen LogP contribution in [-0.2, 0) is 7.05 Å². The van der Waals surface area contributed by atoms with Crippen LogP contribution < -0.4 is 5.32 Å². The average Bonchev–Trinajstić information content (AvgIpc) is 3.53. The first-order valence-corrected chi connectivity index (χ1v) is 12.4. The summed E-state index contributed by atoms with van der Waals surface area (Å²) >= 11 is 0. The van der Waals surface area contributed by atoms with E-state index in [1.54, 1.807) is 30.9 Å². The monoisotopic (exact) mass is 491 g/mol. The molecular formula is C29H29N7O. The molecule has 6 rings (SSSR count). The van der Waals surface area contributed by atoms with Crippen LogP contribution in [0.25, 0.3) is 33.1 Å². The number of fused-ring (bicyclic) bond motifs is 2. The van der Waals surface area contributed by atoms with Crippen molar-refractivity contribution in [3.05, 3.63) is 79.0 Å². The molecule has 1 amide bonds. The van der Waals surface area contributed by atoms with Gasteiger partial charge >= 0.3 is 0 Å². The van der Waals surface area contributed by atoms with Crippen molar-refractivity contribution < 1.29 is 4.79 Å². The number of benzene rings is 2. The van der Waals surface area contributed by atoms with Gasteiger partial charge in [0.2, 0.25) is 0 Å². The Morgan fingerprint density at radius 2 is 1.92 bits per heavy atom. The van der Waals surface area contributed by atoms with Gasteiger partial charge in [-0.25, -0.2) is 0 Å². The summed E-state index contributed by atoms with van der Waals surface area (Å²) in [5, 5.41) is 4.65. The third-order valence-corrected chi connectivity index (χ3v) is 7.34. The topological polar surface area (TPSA) is 79.2 Å². The maximum atomic E-state index is 13.5. The van der Waals surface area contributed by atoms with Gasteiger partial charge in [-0.3, -0.25) is 19.7 Å². The summed E-state index contributed by atoms with van der Waals surface area (Å²) in [5.41, 5.74) is 6.85. The molecule has 1 fully saturated rings. The van der Waals surface area contributed by atoms with Crippen LogP contribution in [0.2, 0.25) is 0 Å². The lowest BCUT2D eigenvalue weighted by Crippen LogP contribution is -2.38. The van der Waals surface area contributed by atoms with E-state index in [2.05, 4.69) is 73.3 Å². The molecule has 0 saturated carbocycles. The molecular weight excluding hydrogens is 462 g/mol. The fourth-order valence-corrected chi connectivity index (χ4v) is 5.22. The fourth-order valence-electron chi connectivity index (χ4n) is 5.22. The molecule has 1 aliphatic rings. The molecule has 0 radical (unpaired) electrons. The van der Waals surface area contributed by atoms with Gasteiger partial charge in [0.25, 0.3) is 5.91 Å². The number of hydrogen-bond acceptors (Lipinski definition) is 6.